The van der Waals surface area contributed by atoms with Gasteiger partial charge in [-0.05, 0) is 55.5 Å². The van der Waals surface area contributed by atoms with Gasteiger partial charge in [-0.3, -0.25) is 4.79 Å². The van der Waals surface area contributed by atoms with Crippen LogP contribution in [0.25, 0.3) is 11.3 Å². The normalized spacial score (nSPS) is 12.3. The summed E-state index contributed by atoms with van der Waals surface area (Å²) in [6.07, 6.45) is -5.23. The number of benzene rings is 2. The zero-order valence-electron chi connectivity index (χ0n) is 16.3. The first-order chi connectivity index (χ1) is 14.6. The second kappa shape index (κ2) is 9.13. The molecular weight excluding hydrogens is 416 g/mol. The summed E-state index contributed by atoms with van der Waals surface area (Å²) in [7, 11) is 0. The SMILES string of the molecule is C[C@@H](O)CNC(=O)c1ccc(Oc2ccc(C(F)(F)F)cc2)c(-c2cccc(F)c2)n1. The van der Waals surface area contributed by atoms with Crippen molar-refractivity contribution in [3.05, 3.63) is 77.7 Å². The predicted molar refractivity (Wildman–Crippen MR) is 105 cm³/mol. The van der Waals surface area contributed by atoms with Gasteiger partial charge in [-0.1, -0.05) is 12.1 Å². The second-order valence-corrected chi connectivity index (χ2v) is 6.74. The van der Waals surface area contributed by atoms with Gasteiger partial charge in [-0.25, -0.2) is 9.37 Å². The molecule has 1 atom stereocenters. The van der Waals surface area contributed by atoms with Gasteiger partial charge in [0.1, 0.15) is 23.0 Å². The fraction of sp³-hybridized carbons (Fsp3) is 0.182. The van der Waals surface area contributed by atoms with E-state index in [-0.39, 0.29) is 29.4 Å². The maximum Gasteiger partial charge on any atom is 0.416 e. The summed E-state index contributed by atoms with van der Waals surface area (Å²) in [5.41, 5.74) is -0.385. The van der Waals surface area contributed by atoms with Crippen molar-refractivity contribution in [2.24, 2.45) is 0 Å². The van der Waals surface area contributed by atoms with E-state index < -0.39 is 29.6 Å². The zero-order valence-corrected chi connectivity index (χ0v) is 16.3. The number of carbonyl (C=O) groups excluding carboxylic acids is 1. The molecule has 3 rings (SSSR count). The monoisotopic (exact) mass is 434 g/mol. The highest BCUT2D eigenvalue weighted by Crippen LogP contribution is 2.34. The third kappa shape index (κ3) is 5.79. The van der Waals surface area contributed by atoms with E-state index in [1.165, 1.54) is 37.3 Å². The zero-order chi connectivity index (χ0) is 22.6. The van der Waals surface area contributed by atoms with Crippen molar-refractivity contribution in [1.82, 2.24) is 10.3 Å². The Balaban J connectivity index is 1.96. The summed E-state index contributed by atoms with van der Waals surface area (Å²) in [6.45, 7) is 1.52. The number of amides is 1. The van der Waals surface area contributed by atoms with Crippen LogP contribution in [0.15, 0.2) is 60.7 Å². The number of alkyl halides is 3. The number of aliphatic hydroxyl groups is 1. The third-order valence-electron chi connectivity index (χ3n) is 4.16. The van der Waals surface area contributed by atoms with Gasteiger partial charge in [-0.15, -0.1) is 0 Å². The summed E-state index contributed by atoms with van der Waals surface area (Å²) in [6, 6.07) is 12.3. The van der Waals surface area contributed by atoms with E-state index in [1.54, 1.807) is 6.07 Å². The van der Waals surface area contributed by atoms with Gasteiger partial charge < -0.3 is 15.2 Å². The van der Waals surface area contributed by atoms with Crippen LogP contribution in [0.4, 0.5) is 17.6 Å². The van der Waals surface area contributed by atoms with Gasteiger partial charge in [0.25, 0.3) is 5.91 Å². The number of pyridine rings is 1. The largest absolute Gasteiger partial charge is 0.455 e. The molecule has 162 valence electrons. The van der Waals surface area contributed by atoms with Gasteiger partial charge in [-0.2, -0.15) is 13.2 Å². The Morgan fingerprint density at radius 1 is 1.13 bits per heavy atom. The maximum absolute atomic E-state index is 13.8. The highest BCUT2D eigenvalue weighted by molar-refractivity contribution is 5.93. The molecule has 0 aliphatic heterocycles. The average molecular weight is 434 g/mol. The van der Waals surface area contributed by atoms with Crippen LogP contribution in [0, 0.1) is 5.82 Å². The fourth-order valence-corrected chi connectivity index (χ4v) is 2.67. The summed E-state index contributed by atoms with van der Waals surface area (Å²) in [4.78, 5) is 16.5. The van der Waals surface area contributed by atoms with E-state index in [1.807, 2.05) is 0 Å². The molecule has 0 spiro atoms. The molecule has 0 bridgehead atoms. The molecule has 0 saturated heterocycles. The van der Waals surface area contributed by atoms with E-state index in [9.17, 15) is 27.5 Å². The van der Waals surface area contributed by atoms with E-state index in [0.717, 1.165) is 24.3 Å². The molecule has 5 nitrogen and oxygen atoms in total. The lowest BCUT2D eigenvalue weighted by Gasteiger charge is -2.14. The maximum atomic E-state index is 13.8. The molecule has 1 amide bonds. The molecule has 2 N–H and O–H groups in total. The molecule has 0 aliphatic carbocycles. The number of ether oxygens (including phenoxy) is 1. The van der Waals surface area contributed by atoms with Crippen molar-refractivity contribution in [2.45, 2.75) is 19.2 Å². The van der Waals surface area contributed by atoms with Crippen LogP contribution in [0.2, 0.25) is 0 Å². The molecule has 1 aromatic heterocycles. The van der Waals surface area contributed by atoms with E-state index in [4.69, 9.17) is 4.74 Å². The Kier molecular flexibility index (Phi) is 6.55. The van der Waals surface area contributed by atoms with E-state index >= 15 is 0 Å². The lowest BCUT2D eigenvalue weighted by atomic mass is 10.1. The number of nitrogens with one attached hydrogen (secondary N) is 1. The molecule has 0 radical (unpaired) electrons. The first-order valence-electron chi connectivity index (χ1n) is 9.22. The lowest BCUT2D eigenvalue weighted by Crippen LogP contribution is -2.31. The van der Waals surface area contributed by atoms with Crippen molar-refractivity contribution < 1.29 is 32.2 Å². The highest BCUT2D eigenvalue weighted by atomic mass is 19.4. The Labute approximate surface area is 175 Å². The minimum atomic E-state index is -4.48. The van der Waals surface area contributed by atoms with Crippen LogP contribution in [0.1, 0.15) is 23.0 Å². The topological polar surface area (TPSA) is 71.5 Å². The Bertz CT molecular complexity index is 1070. The van der Waals surface area contributed by atoms with Crippen LogP contribution >= 0.6 is 0 Å². The smallest absolute Gasteiger partial charge is 0.416 e. The van der Waals surface area contributed by atoms with E-state index in [0.29, 0.717) is 5.56 Å². The Morgan fingerprint density at radius 3 is 2.45 bits per heavy atom. The fourth-order valence-electron chi connectivity index (χ4n) is 2.67. The molecular formula is C22H18F4N2O3. The predicted octanol–water partition coefficient (Wildman–Crippen LogP) is 4.81. The summed E-state index contributed by atoms with van der Waals surface area (Å²) >= 11 is 0. The van der Waals surface area contributed by atoms with Gasteiger partial charge in [0, 0.05) is 12.1 Å². The quantitative estimate of drug-likeness (QED) is 0.547. The van der Waals surface area contributed by atoms with Crippen LogP contribution in [-0.4, -0.2) is 28.6 Å². The minimum absolute atomic E-state index is 0.000296. The number of hydrogen-bond donors (Lipinski definition) is 2. The van der Waals surface area contributed by atoms with Crippen LogP contribution in [0.3, 0.4) is 0 Å². The number of halogens is 4. The molecule has 2 aromatic carbocycles. The first kappa shape index (κ1) is 22.2. The van der Waals surface area contributed by atoms with Crippen LogP contribution in [-0.2, 0) is 6.18 Å². The standard InChI is InChI=1S/C22H18F4N2O3/c1-13(29)12-27-21(30)18-9-10-19(20(28-18)14-3-2-4-16(23)11-14)31-17-7-5-15(6-8-17)22(24,25)26/h2-11,13,29H,12H2,1H3,(H,27,30)/t13-/m1/s1. The number of hydrogen-bond acceptors (Lipinski definition) is 4. The molecule has 1 heterocycles. The van der Waals surface area contributed by atoms with Crippen molar-refractivity contribution in [3.63, 3.8) is 0 Å². The third-order valence-corrected chi connectivity index (χ3v) is 4.16. The van der Waals surface area contributed by atoms with Gasteiger partial charge in [0.15, 0.2) is 5.75 Å². The highest BCUT2D eigenvalue weighted by Gasteiger charge is 2.30. The van der Waals surface area contributed by atoms with Gasteiger partial charge in [0.05, 0.1) is 11.7 Å². The lowest BCUT2D eigenvalue weighted by molar-refractivity contribution is -0.137. The number of rotatable bonds is 6. The van der Waals surface area contributed by atoms with E-state index in [2.05, 4.69) is 10.3 Å². The first-order valence-corrected chi connectivity index (χ1v) is 9.22. The minimum Gasteiger partial charge on any atom is -0.455 e. The van der Waals surface area contributed by atoms with Gasteiger partial charge >= 0.3 is 6.18 Å². The van der Waals surface area contributed by atoms with Crippen LogP contribution in [0.5, 0.6) is 11.5 Å². The van der Waals surface area contributed by atoms with Crippen LogP contribution < -0.4 is 10.1 Å². The number of carbonyl (C=O) groups is 1. The molecule has 0 aliphatic rings. The number of nitrogens with zero attached hydrogens (tertiary/aromatic N) is 1. The molecule has 0 unspecified atom stereocenters. The Hall–Kier alpha value is -3.46. The van der Waals surface area contributed by atoms with Gasteiger partial charge in [0.2, 0.25) is 0 Å². The van der Waals surface area contributed by atoms with Crippen molar-refractivity contribution >= 4 is 5.91 Å². The van der Waals surface area contributed by atoms with Crippen molar-refractivity contribution in [2.75, 3.05) is 6.54 Å². The molecule has 31 heavy (non-hydrogen) atoms. The molecule has 0 fully saturated rings. The summed E-state index contributed by atoms with van der Waals surface area (Å²) in [5, 5.41) is 11.8. The molecule has 9 heteroatoms. The number of aliphatic hydroxyl groups excluding tert-OH is 1. The average Bonchev–Trinajstić information content (AvgIpc) is 2.72. The molecule has 0 saturated carbocycles. The second-order valence-electron chi connectivity index (χ2n) is 6.74. The van der Waals surface area contributed by atoms with Crippen molar-refractivity contribution in [3.8, 4) is 22.8 Å². The Morgan fingerprint density at radius 2 is 1.84 bits per heavy atom. The summed E-state index contributed by atoms with van der Waals surface area (Å²) < 4.78 is 57.7. The summed E-state index contributed by atoms with van der Waals surface area (Å²) in [5.74, 6) is -0.862. The molecule has 3 aromatic rings. The number of aromatic nitrogens is 1. The van der Waals surface area contributed by atoms with Crippen molar-refractivity contribution in [1.29, 1.82) is 0 Å².